The number of carbonyl (C=O) groups excluding carboxylic acids is 1. The van der Waals surface area contributed by atoms with Gasteiger partial charge in [0.25, 0.3) is 5.91 Å². The number of nitriles is 1. The zero-order valence-electron chi connectivity index (χ0n) is 19.3. The van der Waals surface area contributed by atoms with Gasteiger partial charge in [-0.05, 0) is 61.7 Å². The number of nitrogens with one attached hydrogen (secondary N) is 3. The van der Waals surface area contributed by atoms with Gasteiger partial charge in [-0.2, -0.15) is 5.26 Å². The highest BCUT2D eigenvalue weighted by molar-refractivity contribution is 5.94. The standard InChI is InChI=1S/C26H32N4O3/c1-3-12-32-13-6-11-28-18-20-7-4-9-22(14-20)25-16-24(30-33-25)21-8-5-10-23(15-21)26(31)29-19(2)17-27/h4-5,7-10,14-16,19,24,28,30H,3,6,11-13,18H2,1-2H3,(H,29,31)/t19-,24?/m1/s1. The molecule has 1 heterocycles. The number of ether oxygens (including phenoxy) is 1. The predicted molar refractivity (Wildman–Crippen MR) is 128 cm³/mol. The normalized spacial score (nSPS) is 15.9. The number of nitrogens with zero attached hydrogens (tertiary/aromatic N) is 1. The summed E-state index contributed by atoms with van der Waals surface area (Å²) in [6, 6.07) is 16.8. The van der Waals surface area contributed by atoms with Crippen molar-refractivity contribution in [1.82, 2.24) is 16.1 Å². The molecule has 1 unspecified atom stereocenters. The summed E-state index contributed by atoms with van der Waals surface area (Å²) in [5.41, 5.74) is 6.62. The maximum Gasteiger partial charge on any atom is 0.252 e. The van der Waals surface area contributed by atoms with E-state index in [0.29, 0.717) is 5.56 Å². The molecule has 0 spiro atoms. The van der Waals surface area contributed by atoms with Gasteiger partial charge in [0.2, 0.25) is 0 Å². The van der Waals surface area contributed by atoms with Gasteiger partial charge < -0.3 is 20.2 Å². The van der Waals surface area contributed by atoms with Crippen molar-refractivity contribution in [3.63, 3.8) is 0 Å². The van der Waals surface area contributed by atoms with Crippen LogP contribution < -0.4 is 16.1 Å². The molecule has 0 fully saturated rings. The van der Waals surface area contributed by atoms with Crippen LogP contribution in [0.1, 0.15) is 59.8 Å². The first-order valence-corrected chi connectivity index (χ1v) is 11.4. The topological polar surface area (TPSA) is 95.4 Å². The Balaban J connectivity index is 1.59. The van der Waals surface area contributed by atoms with Crippen LogP contribution in [0.15, 0.2) is 54.6 Å². The molecule has 1 amide bonds. The van der Waals surface area contributed by atoms with Crippen molar-refractivity contribution in [2.24, 2.45) is 0 Å². The molecule has 2 aromatic carbocycles. The van der Waals surface area contributed by atoms with Crippen LogP contribution in [0.5, 0.6) is 0 Å². The molecule has 3 N–H and O–H groups in total. The van der Waals surface area contributed by atoms with Crippen molar-refractivity contribution in [1.29, 1.82) is 5.26 Å². The van der Waals surface area contributed by atoms with Gasteiger partial charge in [-0.1, -0.05) is 37.3 Å². The van der Waals surface area contributed by atoms with Crippen LogP contribution in [0, 0.1) is 11.3 Å². The highest BCUT2D eigenvalue weighted by atomic mass is 16.7. The van der Waals surface area contributed by atoms with Gasteiger partial charge in [-0.25, -0.2) is 0 Å². The highest BCUT2D eigenvalue weighted by Gasteiger charge is 2.21. The molecule has 0 aromatic heterocycles. The maximum atomic E-state index is 12.3. The lowest BCUT2D eigenvalue weighted by atomic mass is 10.0. The fourth-order valence-electron chi connectivity index (χ4n) is 3.46. The van der Waals surface area contributed by atoms with Crippen LogP contribution in [-0.4, -0.2) is 31.7 Å². The smallest absolute Gasteiger partial charge is 0.252 e. The minimum Gasteiger partial charge on any atom is -0.407 e. The Bertz CT molecular complexity index is 999. The third-order valence-electron chi connectivity index (χ3n) is 5.19. The minimum absolute atomic E-state index is 0.175. The molecule has 1 aliphatic rings. The van der Waals surface area contributed by atoms with Gasteiger partial charge >= 0.3 is 0 Å². The van der Waals surface area contributed by atoms with Gasteiger partial charge in [0.15, 0.2) is 5.76 Å². The van der Waals surface area contributed by atoms with Crippen molar-refractivity contribution in [3.8, 4) is 6.07 Å². The molecule has 0 saturated heterocycles. The van der Waals surface area contributed by atoms with E-state index < -0.39 is 6.04 Å². The molecule has 7 heteroatoms. The molecular formula is C26H32N4O3. The molecule has 0 radical (unpaired) electrons. The lowest BCUT2D eigenvalue weighted by Crippen LogP contribution is -2.31. The summed E-state index contributed by atoms with van der Waals surface area (Å²) in [7, 11) is 0. The highest BCUT2D eigenvalue weighted by Crippen LogP contribution is 2.29. The number of rotatable bonds is 12. The summed E-state index contributed by atoms with van der Waals surface area (Å²) in [5.74, 6) is 0.480. The summed E-state index contributed by atoms with van der Waals surface area (Å²) in [6.07, 6.45) is 4.05. The molecular weight excluding hydrogens is 416 g/mol. The molecule has 3 rings (SSSR count). The van der Waals surface area contributed by atoms with E-state index in [1.54, 1.807) is 13.0 Å². The number of benzene rings is 2. The van der Waals surface area contributed by atoms with Gasteiger partial charge in [0.05, 0.1) is 12.1 Å². The van der Waals surface area contributed by atoms with Gasteiger partial charge in [-0.15, -0.1) is 5.48 Å². The fraction of sp³-hybridized carbons (Fsp3) is 0.385. The second-order valence-electron chi connectivity index (χ2n) is 8.02. The maximum absolute atomic E-state index is 12.3. The van der Waals surface area contributed by atoms with E-state index in [4.69, 9.17) is 14.8 Å². The molecule has 2 aromatic rings. The van der Waals surface area contributed by atoms with E-state index in [9.17, 15) is 4.79 Å². The van der Waals surface area contributed by atoms with E-state index in [2.05, 4.69) is 35.2 Å². The average Bonchev–Trinajstić information content (AvgIpc) is 3.34. The van der Waals surface area contributed by atoms with Crippen molar-refractivity contribution in [2.75, 3.05) is 19.8 Å². The molecule has 0 saturated carbocycles. The number of hydrogen-bond donors (Lipinski definition) is 3. The Morgan fingerprint density at radius 3 is 2.91 bits per heavy atom. The summed E-state index contributed by atoms with van der Waals surface area (Å²) in [5, 5.41) is 15.0. The lowest BCUT2D eigenvalue weighted by Gasteiger charge is -2.11. The van der Waals surface area contributed by atoms with Crippen molar-refractivity contribution >= 4 is 11.7 Å². The third kappa shape index (κ3) is 7.43. The van der Waals surface area contributed by atoms with Gasteiger partial charge in [0.1, 0.15) is 6.04 Å². The van der Waals surface area contributed by atoms with Gasteiger partial charge in [0, 0.05) is 30.9 Å². The second kappa shape index (κ2) is 12.8. The van der Waals surface area contributed by atoms with Crippen LogP contribution in [0.2, 0.25) is 0 Å². The quantitative estimate of drug-likeness (QED) is 0.427. The van der Waals surface area contributed by atoms with E-state index in [1.807, 2.05) is 42.5 Å². The Kier molecular flexibility index (Phi) is 9.45. The largest absolute Gasteiger partial charge is 0.407 e. The van der Waals surface area contributed by atoms with Crippen LogP contribution in [0.4, 0.5) is 0 Å². The monoisotopic (exact) mass is 448 g/mol. The first-order valence-electron chi connectivity index (χ1n) is 11.4. The van der Waals surface area contributed by atoms with E-state index in [0.717, 1.165) is 56.0 Å². The summed E-state index contributed by atoms with van der Waals surface area (Å²) < 4.78 is 5.50. The Morgan fingerprint density at radius 2 is 2.09 bits per heavy atom. The molecule has 1 aliphatic heterocycles. The Morgan fingerprint density at radius 1 is 1.24 bits per heavy atom. The van der Waals surface area contributed by atoms with Gasteiger partial charge in [-0.3, -0.25) is 4.79 Å². The van der Waals surface area contributed by atoms with Crippen molar-refractivity contribution < 1.29 is 14.4 Å². The zero-order valence-corrected chi connectivity index (χ0v) is 19.3. The van der Waals surface area contributed by atoms with Crippen LogP contribution in [0.3, 0.4) is 0 Å². The summed E-state index contributed by atoms with van der Waals surface area (Å²) >= 11 is 0. The molecule has 7 nitrogen and oxygen atoms in total. The fourth-order valence-corrected chi connectivity index (χ4v) is 3.46. The van der Waals surface area contributed by atoms with E-state index >= 15 is 0 Å². The molecule has 0 bridgehead atoms. The second-order valence-corrected chi connectivity index (χ2v) is 8.02. The number of carbonyl (C=O) groups is 1. The van der Waals surface area contributed by atoms with Crippen LogP contribution in [-0.2, 0) is 16.1 Å². The minimum atomic E-state index is -0.545. The van der Waals surface area contributed by atoms with Crippen molar-refractivity contribution in [2.45, 2.75) is 45.3 Å². The molecule has 2 atom stereocenters. The van der Waals surface area contributed by atoms with E-state index in [1.165, 1.54) is 5.56 Å². The number of hydroxylamine groups is 1. The average molecular weight is 449 g/mol. The Labute approximate surface area is 195 Å². The van der Waals surface area contributed by atoms with Crippen LogP contribution in [0.25, 0.3) is 5.76 Å². The number of hydrogen-bond acceptors (Lipinski definition) is 6. The van der Waals surface area contributed by atoms with E-state index in [-0.39, 0.29) is 11.9 Å². The van der Waals surface area contributed by atoms with Crippen molar-refractivity contribution in [3.05, 3.63) is 76.9 Å². The number of amides is 1. The SMILES string of the molecule is CCCOCCCNCc1cccc(C2=CC(c3cccc(C(=O)N[C@H](C)C#N)c3)NO2)c1. The first-order chi connectivity index (χ1) is 16.1. The molecule has 174 valence electrons. The molecule has 0 aliphatic carbocycles. The predicted octanol–water partition coefficient (Wildman–Crippen LogP) is 3.85. The van der Waals surface area contributed by atoms with Crippen LogP contribution >= 0.6 is 0 Å². The summed E-state index contributed by atoms with van der Waals surface area (Å²) in [4.78, 5) is 18.1. The zero-order chi connectivity index (χ0) is 23.5. The molecule has 33 heavy (non-hydrogen) atoms. The summed E-state index contributed by atoms with van der Waals surface area (Å²) in [6.45, 7) is 7.06. The Hall–Kier alpha value is -3.18. The first kappa shape index (κ1) is 24.5. The third-order valence-corrected chi connectivity index (χ3v) is 5.19. The lowest BCUT2D eigenvalue weighted by molar-refractivity contribution is 0.0947.